The molecule has 2 bridgehead atoms. The third-order valence-corrected chi connectivity index (χ3v) is 4.43. The third kappa shape index (κ3) is 4.06. The molecule has 2 aliphatic heterocycles. The van der Waals surface area contributed by atoms with E-state index in [0.29, 0.717) is 19.3 Å². The number of rotatable bonds is 4. The van der Waals surface area contributed by atoms with Gasteiger partial charge in [-0.2, -0.15) is 0 Å². The van der Waals surface area contributed by atoms with Crippen LogP contribution in [-0.4, -0.2) is 46.7 Å². The van der Waals surface area contributed by atoms with E-state index >= 15 is 0 Å². The lowest BCUT2D eigenvalue weighted by atomic mass is 9.85. The molecule has 0 aliphatic carbocycles. The fourth-order valence-corrected chi connectivity index (χ4v) is 3.51. The van der Waals surface area contributed by atoms with Gasteiger partial charge in [-0.25, -0.2) is 13.6 Å². The molecule has 3 atom stereocenters. The summed E-state index contributed by atoms with van der Waals surface area (Å²) in [5.41, 5.74) is -0.640. The number of carbonyl (C=O) groups excluding carboxylic acids is 3. The van der Waals surface area contributed by atoms with Gasteiger partial charge < -0.3 is 9.64 Å². The van der Waals surface area contributed by atoms with Crippen molar-refractivity contribution in [3.63, 3.8) is 0 Å². The quantitative estimate of drug-likeness (QED) is 0.743. The van der Waals surface area contributed by atoms with Crippen molar-refractivity contribution in [1.29, 1.82) is 0 Å². The number of fused-ring (bicyclic) bond motifs is 2. The van der Waals surface area contributed by atoms with Crippen LogP contribution in [0.15, 0.2) is 0 Å². The lowest BCUT2D eigenvalue weighted by Gasteiger charge is -2.39. The maximum Gasteiger partial charge on any atom is 0.410 e. The lowest BCUT2D eigenvalue weighted by molar-refractivity contribution is -0.136. The summed E-state index contributed by atoms with van der Waals surface area (Å²) in [5.74, 6) is -2.39. The van der Waals surface area contributed by atoms with Crippen molar-refractivity contribution in [2.24, 2.45) is 5.92 Å². The molecule has 7 heteroatoms. The van der Waals surface area contributed by atoms with Gasteiger partial charge >= 0.3 is 6.09 Å². The maximum absolute atomic E-state index is 12.4. The smallest absolute Gasteiger partial charge is 0.410 e. The molecule has 2 rings (SSSR count). The predicted molar refractivity (Wildman–Crippen MR) is 78.2 cm³/mol. The molecule has 130 valence electrons. The summed E-state index contributed by atoms with van der Waals surface area (Å²) in [6, 6.07) is -0.314. The molecule has 23 heavy (non-hydrogen) atoms. The van der Waals surface area contributed by atoms with E-state index in [9.17, 15) is 23.2 Å². The van der Waals surface area contributed by atoms with Crippen LogP contribution in [0.1, 0.15) is 52.9 Å². The second-order valence-corrected chi connectivity index (χ2v) is 7.28. The summed E-state index contributed by atoms with van der Waals surface area (Å²) < 4.78 is 30.1. The number of hydrogen-bond donors (Lipinski definition) is 0. The SMILES string of the molecule is CC(C)(C)OC(=O)N1C2CCC(C(=O)CC(=O)C(F)F)C1CC2. The summed E-state index contributed by atoms with van der Waals surface area (Å²) in [4.78, 5) is 37.3. The van der Waals surface area contributed by atoms with E-state index < -0.39 is 42.0 Å². The molecule has 0 aromatic carbocycles. The van der Waals surface area contributed by atoms with Gasteiger partial charge in [0, 0.05) is 18.0 Å². The van der Waals surface area contributed by atoms with E-state index in [0.717, 1.165) is 6.42 Å². The topological polar surface area (TPSA) is 63.7 Å². The first-order valence-corrected chi connectivity index (χ1v) is 7.95. The van der Waals surface area contributed by atoms with E-state index in [1.165, 1.54) is 0 Å². The van der Waals surface area contributed by atoms with Crippen LogP contribution in [0.5, 0.6) is 0 Å². The van der Waals surface area contributed by atoms with Crippen LogP contribution < -0.4 is 0 Å². The Bertz CT molecular complexity index is 501. The van der Waals surface area contributed by atoms with Crippen LogP contribution in [0.2, 0.25) is 0 Å². The Hall–Kier alpha value is -1.53. The van der Waals surface area contributed by atoms with Crippen LogP contribution in [0.4, 0.5) is 13.6 Å². The summed E-state index contributed by atoms with van der Waals surface area (Å²) >= 11 is 0. The second-order valence-electron chi connectivity index (χ2n) is 7.28. The summed E-state index contributed by atoms with van der Waals surface area (Å²) in [6.45, 7) is 5.29. The van der Waals surface area contributed by atoms with Gasteiger partial charge in [-0.3, -0.25) is 9.59 Å². The van der Waals surface area contributed by atoms with Crippen LogP contribution in [0.25, 0.3) is 0 Å². The maximum atomic E-state index is 12.4. The number of nitrogens with zero attached hydrogens (tertiary/aromatic N) is 1. The van der Waals surface area contributed by atoms with Crippen LogP contribution in [-0.2, 0) is 14.3 Å². The van der Waals surface area contributed by atoms with Crippen molar-refractivity contribution in [2.75, 3.05) is 0 Å². The predicted octanol–water partition coefficient (Wildman–Crippen LogP) is 2.96. The highest BCUT2D eigenvalue weighted by molar-refractivity contribution is 6.01. The van der Waals surface area contributed by atoms with Gasteiger partial charge in [-0.15, -0.1) is 0 Å². The van der Waals surface area contributed by atoms with Crippen LogP contribution >= 0.6 is 0 Å². The molecule has 0 radical (unpaired) electrons. The zero-order valence-electron chi connectivity index (χ0n) is 13.7. The average molecular weight is 331 g/mol. The number of ketones is 2. The third-order valence-electron chi connectivity index (χ3n) is 4.43. The monoisotopic (exact) mass is 331 g/mol. The van der Waals surface area contributed by atoms with Gasteiger partial charge in [-0.1, -0.05) is 0 Å². The number of halogens is 2. The van der Waals surface area contributed by atoms with Gasteiger partial charge in [0.1, 0.15) is 11.4 Å². The standard InChI is InChI=1S/C16H23F2NO4/c1-16(2,3)23-15(22)19-9-4-6-10(11(19)7-5-9)12(20)8-13(21)14(17)18/h9-11,14H,4-8H2,1-3H3. The highest BCUT2D eigenvalue weighted by Crippen LogP contribution is 2.40. The Morgan fingerprint density at radius 2 is 1.74 bits per heavy atom. The summed E-state index contributed by atoms with van der Waals surface area (Å²) in [5, 5.41) is 0. The van der Waals surface area contributed by atoms with Crippen molar-refractivity contribution in [3.05, 3.63) is 0 Å². The molecule has 0 aromatic heterocycles. The van der Waals surface area contributed by atoms with Crippen molar-refractivity contribution in [1.82, 2.24) is 4.90 Å². The Kier molecular flexibility index (Phi) is 5.06. The Balaban J connectivity index is 2.08. The normalized spacial score (nSPS) is 27.2. The van der Waals surface area contributed by atoms with Gasteiger partial charge in [0.25, 0.3) is 6.43 Å². The molecular formula is C16H23F2NO4. The fourth-order valence-electron chi connectivity index (χ4n) is 3.51. The minimum absolute atomic E-state index is 0.0321. The van der Waals surface area contributed by atoms with Crippen molar-refractivity contribution in [3.8, 4) is 0 Å². The molecule has 0 spiro atoms. The summed E-state index contributed by atoms with van der Waals surface area (Å²) in [6.07, 6.45) is -1.77. The highest BCUT2D eigenvalue weighted by Gasteiger charge is 2.48. The molecule has 3 unspecified atom stereocenters. The molecule has 2 heterocycles. The van der Waals surface area contributed by atoms with Gasteiger partial charge in [0.05, 0.1) is 6.42 Å². The lowest BCUT2D eigenvalue weighted by Crippen LogP contribution is -2.51. The molecule has 2 fully saturated rings. The average Bonchev–Trinajstić information content (AvgIpc) is 2.70. The largest absolute Gasteiger partial charge is 0.444 e. The molecule has 2 saturated heterocycles. The van der Waals surface area contributed by atoms with E-state index in [4.69, 9.17) is 4.74 Å². The number of ether oxygens (including phenoxy) is 1. The number of alkyl halides is 2. The van der Waals surface area contributed by atoms with Gasteiger partial charge in [-0.05, 0) is 46.5 Å². The van der Waals surface area contributed by atoms with Crippen molar-refractivity contribution < 1.29 is 27.9 Å². The van der Waals surface area contributed by atoms with E-state index in [-0.39, 0.29) is 12.1 Å². The first-order valence-electron chi connectivity index (χ1n) is 7.95. The Morgan fingerprint density at radius 3 is 2.30 bits per heavy atom. The zero-order chi connectivity index (χ0) is 17.4. The first-order chi connectivity index (χ1) is 10.6. The van der Waals surface area contributed by atoms with Crippen LogP contribution in [0.3, 0.4) is 0 Å². The molecule has 0 N–H and O–H groups in total. The van der Waals surface area contributed by atoms with Gasteiger partial charge in [0.15, 0.2) is 0 Å². The number of Topliss-reactive ketones (excluding diaryl/α,β-unsaturated/α-hetero) is 2. The van der Waals surface area contributed by atoms with Crippen molar-refractivity contribution in [2.45, 2.75) is 77.0 Å². The Labute approximate surface area is 134 Å². The fraction of sp³-hybridized carbons (Fsp3) is 0.812. The number of piperidine rings is 1. The van der Waals surface area contributed by atoms with E-state index in [1.807, 2.05) is 0 Å². The zero-order valence-corrected chi connectivity index (χ0v) is 13.7. The number of carbonyl (C=O) groups is 3. The highest BCUT2D eigenvalue weighted by atomic mass is 19.3. The number of amides is 1. The molecular weight excluding hydrogens is 308 g/mol. The number of hydrogen-bond acceptors (Lipinski definition) is 4. The minimum atomic E-state index is -3.12. The molecule has 1 amide bonds. The molecule has 0 aromatic rings. The minimum Gasteiger partial charge on any atom is -0.444 e. The molecule has 2 aliphatic rings. The first kappa shape index (κ1) is 17.8. The summed E-state index contributed by atoms with van der Waals surface area (Å²) in [7, 11) is 0. The Morgan fingerprint density at radius 1 is 1.13 bits per heavy atom. The van der Waals surface area contributed by atoms with E-state index in [2.05, 4.69) is 0 Å². The van der Waals surface area contributed by atoms with Gasteiger partial charge in [0.2, 0.25) is 5.78 Å². The van der Waals surface area contributed by atoms with Crippen LogP contribution in [0, 0.1) is 5.92 Å². The van der Waals surface area contributed by atoms with Crippen molar-refractivity contribution >= 4 is 17.7 Å². The molecule has 5 nitrogen and oxygen atoms in total. The molecule has 0 saturated carbocycles. The second kappa shape index (κ2) is 6.53. The van der Waals surface area contributed by atoms with E-state index in [1.54, 1.807) is 25.7 Å².